The van der Waals surface area contributed by atoms with Gasteiger partial charge in [-0.1, -0.05) is 24.3 Å². The van der Waals surface area contributed by atoms with Crippen LogP contribution in [0, 0.1) is 0 Å². The highest BCUT2D eigenvalue weighted by Gasteiger charge is 2.13. The Kier molecular flexibility index (Phi) is 3.96. The number of benzene rings is 2. The lowest BCUT2D eigenvalue weighted by Crippen LogP contribution is -2.08. The van der Waals surface area contributed by atoms with Gasteiger partial charge in [0.2, 0.25) is 0 Å². The lowest BCUT2D eigenvalue weighted by molar-refractivity contribution is 0.0527. The minimum Gasteiger partial charge on any atom is -0.462 e. The van der Waals surface area contributed by atoms with Crippen LogP contribution in [0.1, 0.15) is 17.3 Å². The maximum absolute atomic E-state index is 12.0. The van der Waals surface area contributed by atoms with Crippen LogP contribution in [0.4, 0.5) is 11.5 Å². The van der Waals surface area contributed by atoms with E-state index < -0.39 is 0 Å². The van der Waals surface area contributed by atoms with Gasteiger partial charge in [0.1, 0.15) is 12.1 Å². The molecule has 5 nitrogen and oxygen atoms in total. The topological polar surface area (TPSA) is 64.1 Å². The predicted molar refractivity (Wildman–Crippen MR) is 85.2 cm³/mol. The molecule has 3 rings (SSSR count). The summed E-state index contributed by atoms with van der Waals surface area (Å²) in [4.78, 5) is 20.5. The number of nitrogens with zero attached hydrogens (tertiary/aromatic N) is 2. The first-order valence-electron chi connectivity index (χ1n) is 7.02. The Bertz CT molecular complexity index is 812. The number of carbonyl (C=O) groups excluding carboxylic acids is 1. The van der Waals surface area contributed by atoms with E-state index in [1.54, 1.807) is 19.1 Å². The third-order valence-electron chi connectivity index (χ3n) is 3.22. The Balaban J connectivity index is 2.01. The summed E-state index contributed by atoms with van der Waals surface area (Å²) in [5, 5.41) is 4.10. The molecule has 0 radical (unpaired) electrons. The van der Waals surface area contributed by atoms with Crippen molar-refractivity contribution in [3.63, 3.8) is 0 Å². The van der Waals surface area contributed by atoms with Crippen LogP contribution in [0.2, 0.25) is 0 Å². The molecule has 0 unspecified atom stereocenters. The normalized spacial score (nSPS) is 10.4. The van der Waals surface area contributed by atoms with E-state index in [9.17, 15) is 4.79 Å². The fourth-order valence-electron chi connectivity index (χ4n) is 2.21. The summed E-state index contributed by atoms with van der Waals surface area (Å²) in [7, 11) is 0. The maximum atomic E-state index is 12.0. The highest BCUT2D eigenvalue weighted by Crippen LogP contribution is 2.25. The Hall–Kier alpha value is -2.95. The van der Waals surface area contributed by atoms with Crippen LogP contribution in [0.3, 0.4) is 0 Å². The highest BCUT2D eigenvalue weighted by atomic mass is 16.5. The third kappa shape index (κ3) is 2.74. The van der Waals surface area contributed by atoms with Gasteiger partial charge < -0.3 is 10.1 Å². The largest absolute Gasteiger partial charge is 0.462 e. The summed E-state index contributed by atoms with van der Waals surface area (Å²) in [6, 6.07) is 14.9. The van der Waals surface area contributed by atoms with E-state index in [0.717, 1.165) is 10.9 Å². The zero-order valence-electron chi connectivity index (χ0n) is 12.1. The molecule has 5 heteroatoms. The zero-order valence-corrected chi connectivity index (χ0v) is 12.1. The van der Waals surface area contributed by atoms with Crippen LogP contribution >= 0.6 is 0 Å². The number of para-hydroxylation sites is 2. The van der Waals surface area contributed by atoms with E-state index in [2.05, 4.69) is 15.3 Å². The molecule has 0 saturated carbocycles. The van der Waals surface area contributed by atoms with E-state index in [1.165, 1.54) is 6.33 Å². The average molecular weight is 293 g/mol. The number of aromatic nitrogens is 2. The molecule has 0 aliphatic heterocycles. The Morgan fingerprint density at radius 1 is 1.09 bits per heavy atom. The first-order valence-corrected chi connectivity index (χ1v) is 7.02. The zero-order chi connectivity index (χ0) is 15.4. The number of carbonyl (C=O) groups is 1. The first kappa shape index (κ1) is 14.0. The third-order valence-corrected chi connectivity index (χ3v) is 3.22. The molecule has 0 saturated heterocycles. The van der Waals surface area contributed by atoms with Crippen molar-refractivity contribution in [1.29, 1.82) is 0 Å². The molecule has 1 aromatic heterocycles. The Morgan fingerprint density at radius 3 is 2.73 bits per heavy atom. The van der Waals surface area contributed by atoms with Crippen LogP contribution in [0.25, 0.3) is 10.9 Å². The molecule has 110 valence electrons. The second kappa shape index (κ2) is 6.22. The van der Waals surface area contributed by atoms with Crippen LogP contribution < -0.4 is 5.32 Å². The maximum Gasteiger partial charge on any atom is 0.340 e. The summed E-state index contributed by atoms with van der Waals surface area (Å²) in [6.07, 6.45) is 1.50. The monoisotopic (exact) mass is 293 g/mol. The number of ether oxygens (including phenoxy) is 1. The highest BCUT2D eigenvalue weighted by molar-refractivity contribution is 5.98. The van der Waals surface area contributed by atoms with Crippen molar-refractivity contribution in [2.45, 2.75) is 6.92 Å². The van der Waals surface area contributed by atoms with Gasteiger partial charge in [-0.3, -0.25) is 0 Å². The number of hydrogen-bond donors (Lipinski definition) is 1. The minimum absolute atomic E-state index is 0.337. The van der Waals surface area contributed by atoms with Crippen molar-refractivity contribution in [3.05, 3.63) is 60.4 Å². The number of fused-ring (bicyclic) bond motifs is 1. The SMILES string of the molecule is CCOC(=O)c1ccccc1Nc1ncnc2ccccc12. The van der Waals surface area contributed by atoms with Gasteiger partial charge in [0.05, 0.1) is 23.4 Å². The summed E-state index contributed by atoms with van der Waals surface area (Å²) >= 11 is 0. The lowest BCUT2D eigenvalue weighted by Gasteiger charge is -2.12. The Morgan fingerprint density at radius 2 is 1.86 bits per heavy atom. The second-order valence-corrected chi connectivity index (χ2v) is 4.63. The van der Waals surface area contributed by atoms with Crippen molar-refractivity contribution < 1.29 is 9.53 Å². The standard InChI is InChI=1S/C17H15N3O2/c1-2-22-17(21)13-8-4-6-10-15(13)20-16-12-7-3-5-9-14(12)18-11-19-16/h3-11H,2H2,1H3,(H,18,19,20). The molecule has 1 heterocycles. The van der Waals surface area contributed by atoms with E-state index in [4.69, 9.17) is 4.74 Å². The van der Waals surface area contributed by atoms with Gasteiger partial charge >= 0.3 is 5.97 Å². The quantitative estimate of drug-likeness (QED) is 0.745. The van der Waals surface area contributed by atoms with Crippen molar-refractivity contribution >= 4 is 28.4 Å². The van der Waals surface area contributed by atoms with Gasteiger partial charge in [0.15, 0.2) is 0 Å². The van der Waals surface area contributed by atoms with Crippen LogP contribution in [-0.4, -0.2) is 22.5 Å². The van der Waals surface area contributed by atoms with Crippen LogP contribution in [0.5, 0.6) is 0 Å². The van der Waals surface area contributed by atoms with Gasteiger partial charge in [-0.05, 0) is 31.2 Å². The summed E-state index contributed by atoms with van der Waals surface area (Å²) in [5.74, 6) is 0.298. The van der Waals surface area contributed by atoms with Crippen LogP contribution in [0.15, 0.2) is 54.9 Å². The molecule has 0 spiro atoms. The van der Waals surface area contributed by atoms with Gasteiger partial charge in [-0.2, -0.15) is 0 Å². The smallest absolute Gasteiger partial charge is 0.340 e. The molecule has 1 N–H and O–H groups in total. The summed E-state index contributed by atoms with van der Waals surface area (Å²) < 4.78 is 5.08. The molecular formula is C17H15N3O2. The van der Waals surface area contributed by atoms with E-state index in [1.807, 2.05) is 36.4 Å². The number of rotatable bonds is 4. The Labute approximate surface area is 128 Å². The van der Waals surface area contributed by atoms with E-state index >= 15 is 0 Å². The van der Waals surface area contributed by atoms with Crippen molar-refractivity contribution in [1.82, 2.24) is 9.97 Å². The van der Waals surface area contributed by atoms with Gasteiger partial charge in [-0.25, -0.2) is 14.8 Å². The fourth-order valence-corrected chi connectivity index (χ4v) is 2.21. The lowest BCUT2D eigenvalue weighted by atomic mass is 10.1. The molecule has 2 aromatic carbocycles. The van der Waals surface area contributed by atoms with Crippen molar-refractivity contribution in [2.24, 2.45) is 0 Å². The molecule has 0 aliphatic carbocycles. The first-order chi connectivity index (χ1) is 10.8. The van der Waals surface area contributed by atoms with E-state index in [-0.39, 0.29) is 5.97 Å². The van der Waals surface area contributed by atoms with Gasteiger partial charge in [-0.15, -0.1) is 0 Å². The fraction of sp³-hybridized carbons (Fsp3) is 0.118. The molecule has 0 amide bonds. The molecule has 0 aliphatic rings. The van der Waals surface area contributed by atoms with Gasteiger partial charge in [0, 0.05) is 5.39 Å². The molecule has 0 fully saturated rings. The predicted octanol–water partition coefficient (Wildman–Crippen LogP) is 3.55. The molecule has 0 atom stereocenters. The average Bonchev–Trinajstić information content (AvgIpc) is 2.56. The van der Waals surface area contributed by atoms with E-state index in [0.29, 0.717) is 23.7 Å². The molecule has 22 heavy (non-hydrogen) atoms. The van der Waals surface area contributed by atoms with Crippen molar-refractivity contribution in [2.75, 3.05) is 11.9 Å². The minimum atomic E-state index is -0.357. The molecular weight excluding hydrogens is 278 g/mol. The second-order valence-electron chi connectivity index (χ2n) is 4.63. The van der Waals surface area contributed by atoms with Crippen molar-refractivity contribution in [3.8, 4) is 0 Å². The van der Waals surface area contributed by atoms with Crippen LogP contribution in [-0.2, 0) is 4.74 Å². The van der Waals surface area contributed by atoms with Gasteiger partial charge in [0.25, 0.3) is 0 Å². The number of anilines is 2. The summed E-state index contributed by atoms with van der Waals surface area (Å²) in [6.45, 7) is 2.12. The number of esters is 1. The number of nitrogens with one attached hydrogen (secondary N) is 1. The molecule has 0 bridgehead atoms. The molecule has 3 aromatic rings. The summed E-state index contributed by atoms with van der Waals surface area (Å²) in [5.41, 5.74) is 1.98. The number of hydrogen-bond acceptors (Lipinski definition) is 5.